The predicted octanol–water partition coefficient (Wildman–Crippen LogP) is 1.55. The van der Waals surface area contributed by atoms with Gasteiger partial charge in [-0.2, -0.15) is 4.98 Å². The van der Waals surface area contributed by atoms with Crippen LogP contribution in [0.3, 0.4) is 0 Å². The third-order valence-corrected chi connectivity index (χ3v) is 2.71. The number of hydrogen-bond donors (Lipinski definition) is 2. The molecule has 0 spiro atoms. The fourth-order valence-corrected chi connectivity index (χ4v) is 1.93. The molecule has 1 rings (SSSR count). The lowest BCUT2D eigenvalue weighted by molar-refractivity contribution is -0.116. The Hall–Kier alpha value is -1.85. The zero-order chi connectivity index (χ0) is 15.1. The highest BCUT2D eigenvalue weighted by molar-refractivity contribution is 5.79. The Bertz CT molecular complexity index is 447. The number of hydrogen-bond acceptors (Lipinski definition) is 5. The first-order chi connectivity index (χ1) is 9.43. The third kappa shape index (κ3) is 5.03. The number of carbonyl (C=O) groups excluding carboxylic acids is 1. The highest BCUT2D eigenvalue weighted by Crippen LogP contribution is 2.19. The number of amides is 1. The first-order valence-corrected chi connectivity index (χ1v) is 7.04. The topological polar surface area (TPSA) is 84.1 Å². The molecule has 20 heavy (non-hydrogen) atoms. The second-order valence-electron chi connectivity index (χ2n) is 5.37. The van der Waals surface area contributed by atoms with E-state index in [2.05, 4.69) is 36.1 Å². The summed E-state index contributed by atoms with van der Waals surface area (Å²) in [7, 11) is 0. The molecule has 1 amide bonds. The number of primary amides is 1. The van der Waals surface area contributed by atoms with Crippen molar-refractivity contribution in [3.63, 3.8) is 0 Å². The van der Waals surface area contributed by atoms with Gasteiger partial charge in [0, 0.05) is 24.8 Å². The highest BCUT2D eigenvalue weighted by atomic mass is 16.1. The normalized spacial score (nSPS) is 10.7. The maximum atomic E-state index is 11.3. The van der Waals surface area contributed by atoms with E-state index in [1.807, 2.05) is 11.8 Å². The van der Waals surface area contributed by atoms with Crippen LogP contribution in [0.5, 0.6) is 0 Å². The summed E-state index contributed by atoms with van der Waals surface area (Å²) in [5.41, 5.74) is 6.27. The molecule has 0 aromatic carbocycles. The van der Waals surface area contributed by atoms with Crippen LogP contribution >= 0.6 is 0 Å². The van der Waals surface area contributed by atoms with Crippen molar-refractivity contribution in [1.82, 2.24) is 9.97 Å². The van der Waals surface area contributed by atoms with Gasteiger partial charge in [-0.05, 0) is 19.3 Å². The van der Waals surface area contributed by atoms with Crippen LogP contribution in [0.25, 0.3) is 0 Å². The Morgan fingerprint density at radius 3 is 2.75 bits per heavy atom. The van der Waals surface area contributed by atoms with Gasteiger partial charge in [-0.3, -0.25) is 4.79 Å². The van der Waals surface area contributed by atoms with Gasteiger partial charge in [-0.1, -0.05) is 20.8 Å². The molecule has 1 aromatic heterocycles. The van der Waals surface area contributed by atoms with Crippen molar-refractivity contribution < 1.29 is 4.79 Å². The van der Waals surface area contributed by atoms with Crippen LogP contribution in [0.1, 0.15) is 32.8 Å². The number of nitrogens with two attached hydrogens (primary N) is 1. The van der Waals surface area contributed by atoms with Crippen LogP contribution in [-0.4, -0.2) is 35.5 Å². The van der Waals surface area contributed by atoms with Crippen molar-refractivity contribution in [3.05, 3.63) is 11.8 Å². The fourth-order valence-electron chi connectivity index (χ4n) is 1.93. The fraction of sp³-hybridized carbons (Fsp3) is 0.643. The summed E-state index contributed by atoms with van der Waals surface area (Å²) in [5, 5.41) is 3.16. The number of anilines is 2. The molecular weight excluding hydrogens is 254 g/mol. The molecule has 0 atom stereocenters. The predicted molar refractivity (Wildman–Crippen MR) is 81.8 cm³/mol. The molecule has 1 heterocycles. The molecule has 0 saturated carbocycles. The average molecular weight is 279 g/mol. The molecule has 0 saturated heterocycles. The molecule has 112 valence electrons. The van der Waals surface area contributed by atoms with Crippen LogP contribution < -0.4 is 16.0 Å². The average Bonchev–Trinajstić information content (AvgIpc) is 2.36. The molecule has 0 aliphatic carbocycles. The first kappa shape index (κ1) is 16.2. The molecule has 0 bridgehead atoms. The second-order valence-corrected chi connectivity index (χ2v) is 5.37. The van der Waals surface area contributed by atoms with Crippen molar-refractivity contribution in [2.45, 2.75) is 34.1 Å². The first-order valence-electron chi connectivity index (χ1n) is 7.04. The van der Waals surface area contributed by atoms with E-state index >= 15 is 0 Å². The Balaban J connectivity index is 3.00. The van der Waals surface area contributed by atoms with Crippen LogP contribution in [0.2, 0.25) is 0 Å². The molecule has 0 radical (unpaired) electrons. The Morgan fingerprint density at radius 1 is 1.50 bits per heavy atom. The lowest BCUT2D eigenvalue weighted by Gasteiger charge is -2.25. The largest absolute Gasteiger partial charge is 0.368 e. The maximum Gasteiger partial charge on any atom is 0.236 e. The van der Waals surface area contributed by atoms with Crippen molar-refractivity contribution >= 4 is 17.7 Å². The summed E-state index contributed by atoms with van der Waals surface area (Å²) in [5.74, 6) is 1.42. The Morgan fingerprint density at radius 2 is 2.20 bits per heavy atom. The van der Waals surface area contributed by atoms with Crippen molar-refractivity contribution in [1.29, 1.82) is 0 Å². The van der Waals surface area contributed by atoms with Crippen molar-refractivity contribution in [2.75, 3.05) is 29.9 Å². The quantitative estimate of drug-likeness (QED) is 0.754. The molecule has 0 aliphatic rings. The Labute approximate surface area is 120 Å². The molecule has 6 heteroatoms. The molecule has 0 aliphatic heterocycles. The molecule has 0 unspecified atom stereocenters. The third-order valence-electron chi connectivity index (χ3n) is 2.71. The lowest BCUT2D eigenvalue weighted by Crippen LogP contribution is -2.37. The number of carbonyl (C=O) groups is 1. The number of aryl methyl sites for hydroxylation is 1. The van der Waals surface area contributed by atoms with E-state index in [9.17, 15) is 4.79 Å². The zero-order valence-electron chi connectivity index (χ0n) is 12.8. The van der Waals surface area contributed by atoms with Crippen LogP contribution in [-0.2, 0) is 4.79 Å². The minimum absolute atomic E-state index is 0.170. The summed E-state index contributed by atoms with van der Waals surface area (Å²) < 4.78 is 0. The summed E-state index contributed by atoms with van der Waals surface area (Å²) >= 11 is 0. The van der Waals surface area contributed by atoms with Gasteiger partial charge in [0.25, 0.3) is 0 Å². The molecule has 1 aromatic rings. The standard InChI is InChI=1S/C14H25N5O/c1-5-6-16-14-17-7-11(4)13(18-14)19(8-10(2)3)9-12(15)20/h7,10H,5-6,8-9H2,1-4H3,(H2,15,20)(H,16,17,18). The van der Waals surface area contributed by atoms with E-state index in [0.29, 0.717) is 11.9 Å². The summed E-state index contributed by atoms with van der Waals surface area (Å²) in [6.07, 6.45) is 2.78. The summed E-state index contributed by atoms with van der Waals surface area (Å²) in [4.78, 5) is 21.9. The van der Waals surface area contributed by atoms with E-state index in [4.69, 9.17) is 5.73 Å². The molecule has 3 N–H and O–H groups in total. The molecular formula is C14H25N5O. The summed E-state index contributed by atoms with van der Waals surface area (Å²) in [6, 6.07) is 0. The van der Waals surface area contributed by atoms with Gasteiger partial charge in [-0.25, -0.2) is 4.98 Å². The van der Waals surface area contributed by atoms with Gasteiger partial charge in [0.1, 0.15) is 5.82 Å². The van der Waals surface area contributed by atoms with Crippen LogP contribution in [0.4, 0.5) is 11.8 Å². The smallest absolute Gasteiger partial charge is 0.236 e. The molecule has 6 nitrogen and oxygen atoms in total. The minimum atomic E-state index is -0.355. The second kappa shape index (κ2) is 7.67. The van der Waals surface area contributed by atoms with E-state index < -0.39 is 0 Å². The summed E-state index contributed by atoms with van der Waals surface area (Å²) in [6.45, 7) is 9.94. The number of nitrogens with one attached hydrogen (secondary N) is 1. The van der Waals surface area contributed by atoms with Gasteiger partial charge in [-0.15, -0.1) is 0 Å². The number of rotatable bonds is 8. The highest BCUT2D eigenvalue weighted by Gasteiger charge is 2.16. The van der Waals surface area contributed by atoms with Gasteiger partial charge in [0.05, 0.1) is 6.54 Å². The number of nitrogens with zero attached hydrogens (tertiary/aromatic N) is 3. The van der Waals surface area contributed by atoms with E-state index in [-0.39, 0.29) is 12.5 Å². The lowest BCUT2D eigenvalue weighted by atomic mass is 10.2. The van der Waals surface area contributed by atoms with E-state index in [1.165, 1.54) is 0 Å². The van der Waals surface area contributed by atoms with Gasteiger partial charge in [0.15, 0.2) is 0 Å². The SMILES string of the molecule is CCCNc1ncc(C)c(N(CC(N)=O)CC(C)C)n1. The van der Waals surface area contributed by atoms with E-state index in [1.54, 1.807) is 6.20 Å². The van der Waals surface area contributed by atoms with Gasteiger partial charge >= 0.3 is 0 Å². The Kier molecular flexibility index (Phi) is 6.21. The maximum absolute atomic E-state index is 11.3. The van der Waals surface area contributed by atoms with Crippen LogP contribution in [0, 0.1) is 12.8 Å². The monoisotopic (exact) mass is 279 g/mol. The van der Waals surface area contributed by atoms with Crippen molar-refractivity contribution in [2.24, 2.45) is 11.7 Å². The van der Waals surface area contributed by atoms with E-state index in [0.717, 1.165) is 30.9 Å². The molecule has 0 fully saturated rings. The zero-order valence-corrected chi connectivity index (χ0v) is 12.8. The van der Waals surface area contributed by atoms with Gasteiger partial charge < -0.3 is 16.0 Å². The minimum Gasteiger partial charge on any atom is -0.368 e. The van der Waals surface area contributed by atoms with Crippen molar-refractivity contribution in [3.8, 4) is 0 Å². The van der Waals surface area contributed by atoms with Gasteiger partial charge in [0.2, 0.25) is 11.9 Å². The number of aromatic nitrogens is 2. The van der Waals surface area contributed by atoms with Crippen LogP contribution in [0.15, 0.2) is 6.20 Å².